The number of oxazole rings is 1. The molecular formula is C19H18N2O3. The average Bonchev–Trinajstić information content (AvgIpc) is 3.09. The molecule has 3 rings (SSSR count). The Balaban J connectivity index is 1.52. The van der Waals surface area contributed by atoms with Crippen molar-refractivity contribution in [1.29, 1.82) is 0 Å². The Kier molecular flexibility index (Phi) is 5.37. The topological polar surface area (TPSA) is 57.4 Å². The molecule has 0 spiro atoms. The van der Waals surface area contributed by atoms with Gasteiger partial charge in [-0.3, -0.25) is 4.98 Å². The van der Waals surface area contributed by atoms with Gasteiger partial charge in [-0.25, -0.2) is 4.98 Å². The fourth-order valence-corrected chi connectivity index (χ4v) is 2.09. The van der Waals surface area contributed by atoms with E-state index in [0.717, 1.165) is 22.7 Å². The number of aromatic nitrogens is 2. The van der Waals surface area contributed by atoms with Crippen molar-refractivity contribution in [3.63, 3.8) is 0 Å². The minimum absolute atomic E-state index is 0.385. The van der Waals surface area contributed by atoms with Crippen LogP contribution in [-0.2, 0) is 18.0 Å². The monoisotopic (exact) mass is 322 g/mol. The third-order valence-electron chi connectivity index (χ3n) is 3.33. The van der Waals surface area contributed by atoms with E-state index in [1.807, 2.05) is 54.6 Å². The van der Waals surface area contributed by atoms with Gasteiger partial charge < -0.3 is 13.9 Å². The third kappa shape index (κ3) is 4.54. The summed E-state index contributed by atoms with van der Waals surface area (Å²) in [5, 5.41) is 0. The largest absolute Gasteiger partial charge is 0.497 e. The molecule has 122 valence electrons. The number of rotatable bonds is 7. The van der Waals surface area contributed by atoms with Crippen LogP contribution in [0.5, 0.6) is 5.75 Å². The van der Waals surface area contributed by atoms with Crippen LogP contribution in [0.2, 0.25) is 0 Å². The van der Waals surface area contributed by atoms with Crippen molar-refractivity contribution in [2.75, 3.05) is 7.11 Å². The van der Waals surface area contributed by atoms with E-state index >= 15 is 0 Å². The van der Waals surface area contributed by atoms with Crippen LogP contribution >= 0.6 is 0 Å². The Morgan fingerprint density at radius 1 is 1.00 bits per heavy atom. The second-order valence-electron chi connectivity index (χ2n) is 5.10. The molecule has 0 unspecified atom stereocenters. The van der Waals surface area contributed by atoms with Gasteiger partial charge in [0.05, 0.1) is 26.0 Å². The highest BCUT2D eigenvalue weighted by atomic mass is 16.5. The zero-order valence-electron chi connectivity index (χ0n) is 13.4. The van der Waals surface area contributed by atoms with E-state index < -0.39 is 0 Å². The molecule has 0 aliphatic rings. The molecule has 5 heteroatoms. The number of nitrogens with zero attached hydrogens (tertiary/aromatic N) is 2. The van der Waals surface area contributed by atoms with Gasteiger partial charge >= 0.3 is 0 Å². The highest BCUT2D eigenvalue weighted by Gasteiger charge is 2.02. The molecular weight excluding hydrogens is 304 g/mol. The van der Waals surface area contributed by atoms with Gasteiger partial charge in [-0.2, -0.15) is 0 Å². The predicted molar refractivity (Wildman–Crippen MR) is 91.2 cm³/mol. The van der Waals surface area contributed by atoms with E-state index in [-0.39, 0.29) is 0 Å². The molecule has 0 aliphatic carbocycles. The first kappa shape index (κ1) is 16.0. The van der Waals surface area contributed by atoms with Crippen molar-refractivity contribution in [2.24, 2.45) is 0 Å². The van der Waals surface area contributed by atoms with Gasteiger partial charge in [-0.05, 0) is 35.9 Å². The van der Waals surface area contributed by atoms with E-state index in [2.05, 4.69) is 9.97 Å². The van der Waals surface area contributed by atoms with Crippen LogP contribution in [0.3, 0.4) is 0 Å². The van der Waals surface area contributed by atoms with Crippen molar-refractivity contribution < 1.29 is 13.9 Å². The number of hydrogen-bond donors (Lipinski definition) is 0. The van der Waals surface area contributed by atoms with Gasteiger partial charge in [-0.1, -0.05) is 18.2 Å². The maximum atomic E-state index is 5.58. The molecule has 3 aromatic rings. The molecule has 0 atom stereocenters. The summed E-state index contributed by atoms with van der Waals surface area (Å²) in [6.45, 7) is 0.834. The summed E-state index contributed by atoms with van der Waals surface area (Å²) < 4.78 is 16.1. The number of methoxy groups -OCH3 is 1. The summed E-state index contributed by atoms with van der Waals surface area (Å²) in [6, 6.07) is 13.5. The van der Waals surface area contributed by atoms with Crippen molar-refractivity contribution in [3.05, 3.63) is 77.8 Å². The van der Waals surface area contributed by atoms with Gasteiger partial charge in [0.15, 0.2) is 0 Å². The molecule has 0 amide bonds. The van der Waals surface area contributed by atoms with Crippen molar-refractivity contribution in [1.82, 2.24) is 9.97 Å². The van der Waals surface area contributed by atoms with Crippen LogP contribution in [-0.4, -0.2) is 17.1 Å². The van der Waals surface area contributed by atoms with Gasteiger partial charge in [0.1, 0.15) is 17.7 Å². The maximum Gasteiger partial charge on any atom is 0.218 e. The van der Waals surface area contributed by atoms with Gasteiger partial charge in [-0.15, -0.1) is 0 Å². The van der Waals surface area contributed by atoms with Gasteiger partial charge in [0.25, 0.3) is 0 Å². The normalized spacial score (nSPS) is 11.0. The van der Waals surface area contributed by atoms with Crippen molar-refractivity contribution >= 4 is 12.2 Å². The van der Waals surface area contributed by atoms with Crippen LogP contribution in [0.25, 0.3) is 12.2 Å². The molecule has 0 saturated carbocycles. The maximum absolute atomic E-state index is 5.58. The predicted octanol–water partition coefficient (Wildman–Crippen LogP) is 3.97. The minimum atomic E-state index is 0.385. The molecule has 0 saturated heterocycles. The summed E-state index contributed by atoms with van der Waals surface area (Å²) in [5.41, 5.74) is 2.68. The lowest BCUT2D eigenvalue weighted by atomic mass is 10.2. The quantitative estimate of drug-likeness (QED) is 0.659. The van der Waals surface area contributed by atoms with Crippen LogP contribution < -0.4 is 4.74 Å². The molecule has 0 bridgehead atoms. The zero-order chi connectivity index (χ0) is 16.6. The first-order chi connectivity index (χ1) is 11.8. The Hall–Kier alpha value is -2.92. The van der Waals surface area contributed by atoms with Gasteiger partial charge in [0, 0.05) is 12.3 Å². The van der Waals surface area contributed by atoms with Crippen molar-refractivity contribution in [3.8, 4) is 5.75 Å². The van der Waals surface area contributed by atoms with Crippen LogP contribution in [0.1, 0.15) is 22.8 Å². The summed E-state index contributed by atoms with van der Waals surface area (Å²) in [6.07, 6.45) is 7.11. The lowest BCUT2D eigenvalue weighted by Gasteiger charge is -2.00. The summed E-state index contributed by atoms with van der Waals surface area (Å²) in [4.78, 5) is 8.57. The van der Waals surface area contributed by atoms with E-state index in [4.69, 9.17) is 13.9 Å². The van der Waals surface area contributed by atoms with Crippen LogP contribution in [0, 0.1) is 0 Å². The fourth-order valence-electron chi connectivity index (χ4n) is 2.09. The number of ether oxygens (including phenoxy) is 2. The number of pyridine rings is 1. The lowest BCUT2D eigenvalue weighted by Crippen LogP contribution is -1.96. The molecule has 0 aliphatic heterocycles. The van der Waals surface area contributed by atoms with Crippen LogP contribution in [0.15, 0.2) is 59.3 Å². The van der Waals surface area contributed by atoms with E-state index in [9.17, 15) is 0 Å². The van der Waals surface area contributed by atoms with E-state index in [1.165, 1.54) is 0 Å². The lowest BCUT2D eigenvalue weighted by molar-refractivity contribution is 0.102. The second-order valence-corrected chi connectivity index (χ2v) is 5.10. The molecule has 1 aromatic carbocycles. The first-order valence-electron chi connectivity index (χ1n) is 7.58. The average molecular weight is 322 g/mol. The molecule has 0 radical (unpaired) electrons. The molecule has 24 heavy (non-hydrogen) atoms. The fraction of sp³-hybridized carbons (Fsp3) is 0.158. The first-order valence-corrected chi connectivity index (χ1v) is 7.58. The minimum Gasteiger partial charge on any atom is -0.497 e. The summed E-state index contributed by atoms with van der Waals surface area (Å²) >= 11 is 0. The summed E-state index contributed by atoms with van der Waals surface area (Å²) in [7, 11) is 1.65. The Bertz CT molecular complexity index is 780. The molecule has 2 heterocycles. The Labute approximate surface area is 140 Å². The second kappa shape index (κ2) is 8.08. The zero-order valence-corrected chi connectivity index (χ0v) is 13.4. The molecule has 0 fully saturated rings. The van der Waals surface area contributed by atoms with Crippen LogP contribution in [0.4, 0.5) is 0 Å². The standard InChI is InChI=1S/C19H18N2O3/c1-22-18-8-5-15(6-9-18)7-10-19-21-17(14-24-19)13-23-12-16-4-2-3-11-20-16/h2-11,14H,12-13H2,1H3/b10-7+. The molecule has 2 aromatic heterocycles. The van der Waals surface area contributed by atoms with Crippen molar-refractivity contribution in [2.45, 2.75) is 13.2 Å². The van der Waals surface area contributed by atoms with Gasteiger partial charge in [0.2, 0.25) is 5.89 Å². The highest BCUT2D eigenvalue weighted by Crippen LogP contribution is 2.14. The Morgan fingerprint density at radius 3 is 2.58 bits per heavy atom. The smallest absolute Gasteiger partial charge is 0.218 e. The third-order valence-corrected chi connectivity index (χ3v) is 3.33. The SMILES string of the molecule is COc1ccc(/C=C/c2nc(COCc3ccccn3)co2)cc1. The number of benzene rings is 1. The number of hydrogen-bond acceptors (Lipinski definition) is 5. The summed E-state index contributed by atoms with van der Waals surface area (Å²) in [5.74, 6) is 1.37. The molecule has 5 nitrogen and oxygen atoms in total. The highest BCUT2D eigenvalue weighted by molar-refractivity contribution is 5.66. The van der Waals surface area contributed by atoms with E-state index in [0.29, 0.717) is 19.1 Å². The molecule has 0 N–H and O–H groups in total. The Morgan fingerprint density at radius 2 is 1.83 bits per heavy atom. The van der Waals surface area contributed by atoms with E-state index in [1.54, 1.807) is 19.6 Å².